The molecule has 0 spiro atoms. The van der Waals surface area contributed by atoms with Crippen molar-refractivity contribution in [3.05, 3.63) is 59.1 Å². The van der Waals surface area contributed by atoms with Crippen LogP contribution in [-0.4, -0.2) is 31.3 Å². The van der Waals surface area contributed by atoms with E-state index >= 15 is 0 Å². The molecule has 0 aromatic heterocycles. The van der Waals surface area contributed by atoms with E-state index in [2.05, 4.69) is 10.5 Å². The second kappa shape index (κ2) is 10.6. The molecule has 2 aromatic carbocycles. The first kappa shape index (κ1) is 19.1. The van der Waals surface area contributed by atoms with Gasteiger partial charge in [-0.3, -0.25) is 0 Å². The number of carbonyl (C=O) groups excluding carboxylic acids is 1. The molecule has 0 aliphatic rings. The van der Waals surface area contributed by atoms with Gasteiger partial charge in [0.1, 0.15) is 5.75 Å². The highest BCUT2D eigenvalue weighted by atomic mass is 35.5. The van der Waals surface area contributed by atoms with Crippen LogP contribution in [0.25, 0.3) is 0 Å². The highest BCUT2D eigenvalue weighted by Crippen LogP contribution is 2.20. The van der Waals surface area contributed by atoms with Gasteiger partial charge in [0.25, 0.3) is 0 Å². The summed E-state index contributed by atoms with van der Waals surface area (Å²) in [6.07, 6.45) is 0.966. The molecule has 0 unspecified atom stereocenters. The molecule has 0 heterocycles. The van der Waals surface area contributed by atoms with Crippen molar-refractivity contribution in [2.24, 2.45) is 5.10 Å². The van der Waals surface area contributed by atoms with Gasteiger partial charge in [0.15, 0.2) is 0 Å². The molecular weight excluding hydrogens is 360 g/mol. The summed E-state index contributed by atoms with van der Waals surface area (Å²) in [7, 11) is 0. The third-order valence-corrected chi connectivity index (χ3v) is 4.19. The van der Waals surface area contributed by atoms with Crippen molar-refractivity contribution in [1.82, 2.24) is 5.43 Å². The van der Waals surface area contributed by atoms with Gasteiger partial charge >= 0.3 is 6.09 Å². The summed E-state index contributed by atoms with van der Waals surface area (Å²) in [5.41, 5.74) is 3.12. The number of carbonyl (C=O) groups is 1. The third-order valence-electron chi connectivity index (χ3n) is 2.96. The zero-order valence-electron chi connectivity index (χ0n) is 13.8. The fraction of sp³-hybridized carbons (Fsp3) is 0.222. The van der Waals surface area contributed by atoms with Crippen molar-refractivity contribution in [3.63, 3.8) is 0 Å². The first-order chi connectivity index (χ1) is 12.2. The predicted octanol–water partition coefficient (Wildman–Crippen LogP) is 4.59. The average Bonchev–Trinajstić information content (AvgIpc) is 2.62. The molecule has 0 bridgehead atoms. The minimum atomic E-state index is -0.572. The van der Waals surface area contributed by atoms with E-state index in [-0.39, 0.29) is 0 Å². The van der Waals surface area contributed by atoms with Gasteiger partial charge in [-0.05, 0) is 61.0 Å². The second-order valence-corrected chi connectivity index (χ2v) is 6.42. The molecule has 25 heavy (non-hydrogen) atoms. The van der Waals surface area contributed by atoms with E-state index in [4.69, 9.17) is 21.1 Å². The summed E-state index contributed by atoms with van der Waals surface area (Å²) in [4.78, 5) is 12.2. The van der Waals surface area contributed by atoms with E-state index in [1.165, 1.54) is 6.21 Å². The summed E-state index contributed by atoms with van der Waals surface area (Å²) in [5, 5.41) is 4.54. The minimum absolute atomic E-state index is 0.309. The Morgan fingerprint density at radius 2 is 1.92 bits per heavy atom. The Morgan fingerprint density at radius 1 is 1.20 bits per heavy atom. The fourth-order valence-corrected chi connectivity index (χ4v) is 2.68. The third kappa shape index (κ3) is 7.49. The number of benzene rings is 2. The Labute approximate surface area is 156 Å². The molecular formula is C18H19ClN2O3S. The Bertz CT molecular complexity index is 690. The monoisotopic (exact) mass is 378 g/mol. The summed E-state index contributed by atoms with van der Waals surface area (Å²) >= 11 is 7.57. The minimum Gasteiger partial charge on any atom is -0.493 e. The van der Waals surface area contributed by atoms with E-state index in [1.54, 1.807) is 18.7 Å². The van der Waals surface area contributed by atoms with Crippen LogP contribution in [0.3, 0.4) is 0 Å². The smallest absolute Gasteiger partial charge is 0.427 e. The van der Waals surface area contributed by atoms with Crippen LogP contribution in [0, 0.1) is 0 Å². The number of amides is 1. The summed E-state index contributed by atoms with van der Waals surface area (Å²) in [5.74, 6) is 1.63. The van der Waals surface area contributed by atoms with Crippen molar-refractivity contribution >= 4 is 35.7 Å². The molecule has 2 rings (SSSR count). The lowest BCUT2D eigenvalue weighted by molar-refractivity contribution is 0.152. The number of nitrogens with zero attached hydrogens (tertiary/aromatic N) is 1. The van der Waals surface area contributed by atoms with E-state index in [1.807, 2.05) is 48.5 Å². The Morgan fingerprint density at radius 3 is 2.60 bits per heavy atom. The Kier molecular flexibility index (Phi) is 8.15. The number of hydrogen-bond donors (Lipinski definition) is 1. The predicted molar refractivity (Wildman–Crippen MR) is 102 cm³/mol. The van der Waals surface area contributed by atoms with Crippen molar-refractivity contribution in [2.45, 2.75) is 11.8 Å². The van der Waals surface area contributed by atoms with Gasteiger partial charge in [0.2, 0.25) is 0 Å². The highest BCUT2D eigenvalue weighted by molar-refractivity contribution is 7.99. The maximum absolute atomic E-state index is 11.1. The largest absolute Gasteiger partial charge is 0.493 e. The second-order valence-electron chi connectivity index (χ2n) is 4.81. The van der Waals surface area contributed by atoms with Gasteiger partial charge in [-0.2, -0.15) is 5.10 Å². The summed E-state index contributed by atoms with van der Waals surface area (Å²) in [6, 6.07) is 15.2. The quantitative estimate of drug-likeness (QED) is 0.316. The first-order valence-electron chi connectivity index (χ1n) is 7.74. The molecule has 0 saturated heterocycles. The van der Waals surface area contributed by atoms with Crippen LogP contribution in [-0.2, 0) is 4.74 Å². The van der Waals surface area contributed by atoms with Crippen molar-refractivity contribution in [2.75, 3.05) is 19.0 Å². The summed E-state index contributed by atoms with van der Waals surface area (Å²) in [6.45, 7) is 2.64. The lowest BCUT2D eigenvalue weighted by Crippen LogP contribution is -2.18. The Balaban J connectivity index is 1.70. The maximum Gasteiger partial charge on any atom is 0.427 e. The van der Waals surface area contributed by atoms with Crippen LogP contribution in [0.4, 0.5) is 4.79 Å². The normalized spacial score (nSPS) is 10.6. The van der Waals surface area contributed by atoms with E-state index < -0.39 is 6.09 Å². The summed E-state index contributed by atoms with van der Waals surface area (Å²) < 4.78 is 10.4. The van der Waals surface area contributed by atoms with Crippen molar-refractivity contribution in [3.8, 4) is 5.75 Å². The number of hydrazone groups is 1. The molecule has 0 aliphatic heterocycles. The number of thioether (sulfide) groups is 1. The van der Waals surface area contributed by atoms with Gasteiger partial charge in [-0.1, -0.05) is 11.6 Å². The number of hydrogen-bond acceptors (Lipinski definition) is 5. The number of nitrogens with one attached hydrogen (secondary N) is 1. The SMILES string of the molecule is CCOC(=O)N/N=C/c1ccc(OCCSc2ccc(Cl)cc2)cc1. The number of rotatable bonds is 8. The van der Waals surface area contributed by atoms with Crippen LogP contribution in [0.15, 0.2) is 58.5 Å². The van der Waals surface area contributed by atoms with Gasteiger partial charge < -0.3 is 9.47 Å². The topological polar surface area (TPSA) is 59.9 Å². The van der Waals surface area contributed by atoms with Crippen LogP contribution < -0.4 is 10.2 Å². The van der Waals surface area contributed by atoms with E-state index in [0.717, 1.165) is 27.0 Å². The highest BCUT2D eigenvalue weighted by Gasteiger charge is 1.98. The van der Waals surface area contributed by atoms with Crippen LogP contribution in [0.1, 0.15) is 12.5 Å². The molecule has 5 nitrogen and oxygen atoms in total. The number of halogens is 1. The zero-order valence-corrected chi connectivity index (χ0v) is 15.3. The average molecular weight is 379 g/mol. The van der Waals surface area contributed by atoms with Crippen LogP contribution in [0.2, 0.25) is 5.02 Å². The van der Waals surface area contributed by atoms with Gasteiger partial charge in [-0.25, -0.2) is 10.2 Å². The zero-order chi connectivity index (χ0) is 17.9. The number of ether oxygens (including phenoxy) is 2. The Hall–Kier alpha value is -2.18. The van der Waals surface area contributed by atoms with Crippen molar-refractivity contribution < 1.29 is 14.3 Å². The molecule has 7 heteroatoms. The molecule has 0 radical (unpaired) electrons. The lowest BCUT2D eigenvalue weighted by Gasteiger charge is -2.06. The molecule has 2 aromatic rings. The van der Waals surface area contributed by atoms with Crippen LogP contribution in [0.5, 0.6) is 5.75 Å². The van der Waals surface area contributed by atoms with E-state index in [9.17, 15) is 4.79 Å². The van der Waals surface area contributed by atoms with Crippen molar-refractivity contribution in [1.29, 1.82) is 0 Å². The molecule has 1 amide bonds. The lowest BCUT2D eigenvalue weighted by atomic mass is 10.2. The first-order valence-corrected chi connectivity index (χ1v) is 9.11. The van der Waals surface area contributed by atoms with Gasteiger partial charge in [0, 0.05) is 15.7 Å². The molecule has 0 fully saturated rings. The fourth-order valence-electron chi connectivity index (χ4n) is 1.82. The molecule has 1 N–H and O–H groups in total. The van der Waals surface area contributed by atoms with Gasteiger partial charge in [0.05, 0.1) is 19.4 Å². The molecule has 0 atom stereocenters. The molecule has 0 aliphatic carbocycles. The molecule has 132 valence electrons. The van der Waals surface area contributed by atoms with Crippen LogP contribution >= 0.6 is 23.4 Å². The maximum atomic E-state index is 11.1. The molecule has 0 saturated carbocycles. The van der Waals surface area contributed by atoms with E-state index in [0.29, 0.717) is 13.2 Å². The van der Waals surface area contributed by atoms with Gasteiger partial charge in [-0.15, -0.1) is 11.8 Å². The standard InChI is InChI=1S/C18H19ClN2O3S/c1-2-23-18(22)21-20-13-14-3-7-16(8-4-14)24-11-12-25-17-9-5-15(19)6-10-17/h3-10,13H,2,11-12H2,1H3,(H,21,22)/b20-13+.